The van der Waals surface area contributed by atoms with Crippen LogP contribution >= 0.6 is 0 Å². The summed E-state index contributed by atoms with van der Waals surface area (Å²) < 4.78 is 13.0. The van der Waals surface area contributed by atoms with Crippen molar-refractivity contribution < 1.29 is 55.2 Å². The van der Waals surface area contributed by atoms with Gasteiger partial charge in [0.05, 0.1) is 12.7 Å². The van der Waals surface area contributed by atoms with Gasteiger partial charge < -0.3 is 20.9 Å². The first-order chi connectivity index (χ1) is 14.3. The summed E-state index contributed by atoms with van der Waals surface area (Å²) in [6.07, 6.45) is 2.52. The number of methoxy groups -OCH3 is 1. The van der Waals surface area contributed by atoms with Crippen molar-refractivity contribution in [3.05, 3.63) is 29.1 Å². The first-order valence-electron chi connectivity index (χ1n) is 10.6. The number of aromatic carboxylic acids is 1. The van der Waals surface area contributed by atoms with Gasteiger partial charge in [-0.2, -0.15) is 0 Å². The summed E-state index contributed by atoms with van der Waals surface area (Å²) in [4.78, 5) is 30.9. The summed E-state index contributed by atoms with van der Waals surface area (Å²) in [7, 11) is 1.35. The van der Waals surface area contributed by atoms with E-state index in [-0.39, 0.29) is 42.1 Å². The topological polar surface area (TPSA) is 93.4 Å². The molecule has 8 nitrogen and oxygen atoms in total. The molecule has 0 amide bonds. The van der Waals surface area contributed by atoms with Crippen LogP contribution in [0.2, 0.25) is 0 Å². The van der Waals surface area contributed by atoms with Gasteiger partial charge in [0.2, 0.25) is 0 Å². The second kappa shape index (κ2) is 9.71. The van der Waals surface area contributed by atoms with Crippen molar-refractivity contribution in [2.24, 2.45) is 5.41 Å². The van der Waals surface area contributed by atoms with Gasteiger partial charge in [-0.25, -0.2) is 14.6 Å². The molecule has 0 aliphatic carbocycles. The minimum atomic E-state index is -1.09. The minimum Gasteiger partial charge on any atom is -1.00 e. The Kier molecular flexibility index (Phi) is 8.08. The number of carbonyl (C=O) groups excluding carboxylic acids is 1. The molecular weight excluding hydrogens is 421 g/mol. The number of carbonyl (C=O) groups is 2. The molecule has 32 heavy (non-hydrogen) atoms. The van der Waals surface area contributed by atoms with Gasteiger partial charge in [0, 0.05) is 24.8 Å². The maximum Gasteiger partial charge on any atom is 1.00 e. The summed E-state index contributed by atoms with van der Waals surface area (Å²) in [6, 6.07) is 1.79. The van der Waals surface area contributed by atoms with Crippen molar-refractivity contribution >= 4 is 23.4 Å². The maximum atomic E-state index is 12.8. The van der Waals surface area contributed by atoms with E-state index in [1.54, 1.807) is 10.5 Å². The minimum absolute atomic E-state index is 0. The van der Waals surface area contributed by atoms with E-state index >= 15 is 0 Å². The van der Waals surface area contributed by atoms with E-state index in [1.807, 2.05) is 27.7 Å². The number of rotatable bonds is 5. The van der Waals surface area contributed by atoms with Crippen molar-refractivity contribution in [2.45, 2.75) is 66.1 Å². The fraction of sp³-hybridized carbons (Fsp3) is 0.609. The standard InChI is InChI=1S/C23H33N3O5.Na.H/c1-14-12-16-24-15(20(27)28)13-26(16)19(25-10-8-23(5,6)9-11-25)17(14)18(21(29)30-7)31-22(2,3)4;;/h12-13,18H,8-11H2,1-7H3,(H,27,28);;/q;+1;-1/t18-;;/m0../s1. The molecule has 3 heterocycles. The van der Waals surface area contributed by atoms with Crippen molar-refractivity contribution in [1.82, 2.24) is 9.38 Å². The van der Waals surface area contributed by atoms with Crippen molar-refractivity contribution in [3.63, 3.8) is 0 Å². The second-order valence-electron chi connectivity index (χ2n) is 10.0. The average Bonchev–Trinajstić information content (AvgIpc) is 3.08. The molecule has 1 atom stereocenters. The first-order valence-corrected chi connectivity index (χ1v) is 10.6. The number of aryl methyl sites for hydroxylation is 1. The molecule has 0 saturated carbocycles. The predicted molar refractivity (Wildman–Crippen MR) is 119 cm³/mol. The Bertz CT molecular complexity index is 1010. The third kappa shape index (κ3) is 5.65. The van der Waals surface area contributed by atoms with E-state index in [0.717, 1.165) is 37.3 Å². The van der Waals surface area contributed by atoms with Gasteiger partial charge in [-0.15, -0.1) is 0 Å². The zero-order valence-corrected chi connectivity index (χ0v) is 22.5. The molecule has 0 aromatic carbocycles. The predicted octanol–water partition coefficient (Wildman–Crippen LogP) is 1.11. The molecule has 1 N–H and O–H groups in total. The Morgan fingerprint density at radius 3 is 2.34 bits per heavy atom. The number of hydrogen-bond acceptors (Lipinski definition) is 6. The molecule has 0 bridgehead atoms. The van der Waals surface area contributed by atoms with Crippen LogP contribution in [0.4, 0.5) is 5.82 Å². The molecule has 3 rings (SSSR count). The largest absolute Gasteiger partial charge is 1.00 e. The van der Waals surface area contributed by atoms with Crippen molar-refractivity contribution in [1.29, 1.82) is 0 Å². The van der Waals surface area contributed by atoms with E-state index in [2.05, 4.69) is 23.7 Å². The number of carboxylic acids is 1. The van der Waals surface area contributed by atoms with Crippen LogP contribution in [0.5, 0.6) is 0 Å². The monoisotopic (exact) mass is 455 g/mol. The fourth-order valence-electron chi connectivity index (χ4n) is 4.00. The normalized spacial score (nSPS) is 17.0. The van der Waals surface area contributed by atoms with E-state index in [9.17, 15) is 14.7 Å². The van der Waals surface area contributed by atoms with E-state index in [4.69, 9.17) is 9.47 Å². The third-order valence-electron chi connectivity index (χ3n) is 5.76. The van der Waals surface area contributed by atoms with Gasteiger partial charge in [0.1, 0.15) is 11.5 Å². The first kappa shape index (κ1) is 26.6. The molecule has 1 saturated heterocycles. The molecule has 0 unspecified atom stereocenters. The zero-order valence-electron chi connectivity index (χ0n) is 21.5. The number of imidazole rings is 1. The van der Waals surface area contributed by atoms with Crippen LogP contribution in [0.1, 0.15) is 76.6 Å². The van der Waals surface area contributed by atoms with Gasteiger partial charge in [0.25, 0.3) is 0 Å². The summed E-state index contributed by atoms with van der Waals surface area (Å²) in [6.45, 7) is 13.6. The molecule has 9 heteroatoms. The van der Waals surface area contributed by atoms with Gasteiger partial charge in [-0.1, -0.05) is 13.8 Å². The number of fused-ring (bicyclic) bond motifs is 1. The Morgan fingerprint density at radius 1 is 1.25 bits per heavy atom. The summed E-state index contributed by atoms with van der Waals surface area (Å²) in [5.74, 6) is -0.844. The molecule has 1 aliphatic heterocycles. The number of carboxylic acid groups (broad SMARTS) is 1. The number of anilines is 1. The number of piperidine rings is 1. The molecule has 2 aromatic heterocycles. The average molecular weight is 456 g/mol. The molecule has 0 spiro atoms. The van der Waals surface area contributed by atoms with Crippen LogP contribution in [0.15, 0.2) is 12.3 Å². The van der Waals surface area contributed by atoms with Crippen LogP contribution in [0.25, 0.3) is 5.65 Å². The second-order valence-corrected chi connectivity index (χ2v) is 10.0. The Morgan fingerprint density at radius 2 is 1.84 bits per heavy atom. The Labute approximate surface area is 213 Å². The molecule has 0 radical (unpaired) electrons. The number of ether oxygens (including phenoxy) is 2. The van der Waals surface area contributed by atoms with Crippen LogP contribution in [-0.2, 0) is 14.3 Å². The van der Waals surface area contributed by atoms with E-state index < -0.39 is 23.6 Å². The summed E-state index contributed by atoms with van der Waals surface area (Å²) in [5.41, 5.74) is 1.60. The van der Waals surface area contributed by atoms with Crippen LogP contribution in [0, 0.1) is 12.3 Å². The SMILES string of the molecule is COC(=O)[C@@H](OC(C)(C)C)c1c(C)cc2nc(C(=O)O)cn2c1N1CCC(C)(C)CC1.[H-].[Na+]. The number of aromatic nitrogens is 2. The number of hydrogen-bond donors (Lipinski definition) is 1. The summed E-state index contributed by atoms with van der Waals surface area (Å²) >= 11 is 0. The zero-order chi connectivity index (χ0) is 23.1. The van der Waals surface area contributed by atoms with Crippen LogP contribution in [0.3, 0.4) is 0 Å². The number of nitrogens with zero attached hydrogens (tertiary/aromatic N) is 3. The smallest absolute Gasteiger partial charge is 1.00 e. The Balaban J connectivity index is 0.00000272. The van der Waals surface area contributed by atoms with Gasteiger partial charge in [-0.3, -0.25) is 4.40 Å². The molecule has 172 valence electrons. The maximum absolute atomic E-state index is 12.8. The van der Waals surface area contributed by atoms with E-state index in [1.165, 1.54) is 13.3 Å². The molecule has 1 aliphatic rings. The van der Waals surface area contributed by atoms with E-state index in [0.29, 0.717) is 11.2 Å². The van der Waals surface area contributed by atoms with Gasteiger partial charge >= 0.3 is 41.5 Å². The number of esters is 1. The third-order valence-corrected chi connectivity index (χ3v) is 5.76. The summed E-state index contributed by atoms with van der Waals surface area (Å²) in [5, 5.41) is 9.49. The number of pyridine rings is 1. The quantitative estimate of drug-likeness (QED) is 0.533. The molecular formula is C23H34N3NaO5. The van der Waals surface area contributed by atoms with Crippen molar-refractivity contribution in [2.75, 3.05) is 25.1 Å². The van der Waals surface area contributed by atoms with Crippen molar-refractivity contribution in [3.8, 4) is 0 Å². The fourth-order valence-corrected chi connectivity index (χ4v) is 4.00. The molecule has 1 fully saturated rings. The van der Waals surface area contributed by atoms with Gasteiger partial charge in [-0.05, 0) is 57.6 Å². The van der Waals surface area contributed by atoms with Crippen LogP contribution < -0.4 is 34.5 Å². The molecule has 2 aromatic rings. The van der Waals surface area contributed by atoms with Crippen LogP contribution in [-0.4, -0.2) is 52.2 Å². The van der Waals surface area contributed by atoms with Gasteiger partial charge in [0.15, 0.2) is 11.8 Å². The Hall–Kier alpha value is -1.61.